The van der Waals surface area contributed by atoms with E-state index in [1.165, 1.54) is 12.1 Å². The lowest BCUT2D eigenvalue weighted by Crippen LogP contribution is -2.12. The van der Waals surface area contributed by atoms with Crippen molar-refractivity contribution in [1.82, 2.24) is 9.97 Å². The number of fused-ring (bicyclic) bond motifs is 1. The summed E-state index contributed by atoms with van der Waals surface area (Å²) in [7, 11) is 0. The van der Waals surface area contributed by atoms with E-state index >= 15 is 0 Å². The van der Waals surface area contributed by atoms with Gasteiger partial charge in [-0.25, -0.2) is 9.37 Å². The van der Waals surface area contributed by atoms with E-state index in [0.717, 1.165) is 6.42 Å². The van der Waals surface area contributed by atoms with Gasteiger partial charge in [0.1, 0.15) is 11.6 Å². The molecule has 0 spiro atoms. The zero-order chi connectivity index (χ0) is 14.5. The molecule has 0 amide bonds. The Labute approximate surface area is 116 Å². The first-order valence-corrected chi connectivity index (χ1v) is 6.63. The average molecular weight is 279 g/mol. The Morgan fingerprint density at radius 1 is 1.45 bits per heavy atom. The van der Waals surface area contributed by atoms with E-state index < -0.39 is 5.82 Å². The highest BCUT2D eigenvalue weighted by molar-refractivity contribution is 5.81. The van der Waals surface area contributed by atoms with Crippen LogP contribution in [-0.2, 0) is 4.74 Å². The minimum Gasteiger partial charge on any atom is -0.383 e. The maximum Gasteiger partial charge on any atom is 0.258 e. The average Bonchev–Trinajstić information content (AvgIpc) is 2.39. The van der Waals surface area contributed by atoms with Crippen LogP contribution in [0.4, 0.5) is 10.1 Å². The van der Waals surface area contributed by atoms with E-state index in [9.17, 15) is 9.18 Å². The summed E-state index contributed by atoms with van der Waals surface area (Å²) in [4.78, 5) is 18.5. The smallest absolute Gasteiger partial charge is 0.258 e. The summed E-state index contributed by atoms with van der Waals surface area (Å²) in [5, 5.41) is 3.35. The molecule has 0 aliphatic heterocycles. The Morgan fingerprint density at radius 3 is 3.00 bits per heavy atom. The number of aromatic amines is 1. The van der Waals surface area contributed by atoms with Gasteiger partial charge in [-0.1, -0.05) is 0 Å². The van der Waals surface area contributed by atoms with E-state index in [-0.39, 0.29) is 5.56 Å². The van der Waals surface area contributed by atoms with E-state index in [0.29, 0.717) is 42.2 Å². The van der Waals surface area contributed by atoms with Crippen molar-refractivity contribution in [1.29, 1.82) is 0 Å². The Bertz CT molecular complexity index is 655. The second-order valence-corrected chi connectivity index (χ2v) is 4.48. The lowest BCUT2D eigenvalue weighted by atomic mass is 10.2. The predicted molar refractivity (Wildman–Crippen MR) is 76.7 cm³/mol. The van der Waals surface area contributed by atoms with Crippen molar-refractivity contribution in [3.63, 3.8) is 0 Å². The Kier molecular flexibility index (Phi) is 4.68. The van der Waals surface area contributed by atoms with Gasteiger partial charge in [-0.05, 0) is 26.3 Å². The first-order chi connectivity index (χ1) is 9.61. The van der Waals surface area contributed by atoms with Crippen LogP contribution in [0.5, 0.6) is 0 Å². The molecule has 6 heteroatoms. The van der Waals surface area contributed by atoms with Crippen LogP contribution in [0.3, 0.4) is 0 Å². The van der Waals surface area contributed by atoms with Crippen LogP contribution in [0.1, 0.15) is 19.2 Å². The summed E-state index contributed by atoms with van der Waals surface area (Å²) in [6, 6.07) is 2.78. The molecular weight excluding hydrogens is 261 g/mol. The Morgan fingerprint density at radius 2 is 2.25 bits per heavy atom. The molecule has 5 nitrogen and oxygen atoms in total. The van der Waals surface area contributed by atoms with Crippen LogP contribution < -0.4 is 10.9 Å². The second kappa shape index (κ2) is 6.47. The Hall–Kier alpha value is -1.95. The van der Waals surface area contributed by atoms with Crippen LogP contribution in [0.25, 0.3) is 10.9 Å². The van der Waals surface area contributed by atoms with Gasteiger partial charge in [-0.3, -0.25) is 4.79 Å². The van der Waals surface area contributed by atoms with Gasteiger partial charge in [0.05, 0.1) is 16.6 Å². The van der Waals surface area contributed by atoms with Crippen LogP contribution in [-0.4, -0.2) is 29.7 Å². The third-order valence-electron chi connectivity index (χ3n) is 2.90. The zero-order valence-corrected chi connectivity index (χ0v) is 11.6. The van der Waals surface area contributed by atoms with Crippen molar-refractivity contribution < 1.29 is 9.13 Å². The predicted octanol–water partition coefficient (Wildman–Crippen LogP) is 2.21. The number of hydrogen-bond acceptors (Lipinski definition) is 4. The SMILES string of the molecule is CCOCCCNc1cc2c(=O)[nH]c(C)nc2cc1F. The maximum absolute atomic E-state index is 13.9. The van der Waals surface area contributed by atoms with Gasteiger partial charge in [0.15, 0.2) is 0 Å². The zero-order valence-electron chi connectivity index (χ0n) is 11.6. The molecule has 0 bridgehead atoms. The third-order valence-corrected chi connectivity index (χ3v) is 2.90. The molecule has 0 fully saturated rings. The number of benzene rings is 1. The molecule has 0 radical (unpaired) electrons. The van der Waals surface area contributed by atoms with Crippen LogP contribution in [0, 0.1) is 12.7 Å². The molecule has 2 aromatic rings. The van der Waals surface area contributed by atoms with Gasteiger partial charge in [-0.15, -0.1) is 0 Å². The highest BCUT2D eigenvalue weighted by Gasteiger charge is 2.08. The topological polar surface area (TPSA) is 67.0 Å². The number of H-pyrrole nitrogens is 1. The Balaban J connectivity index is 2.18. The summed E-state index contributed by atoms with van der Waals surface area (Å²) >= 11 is 0. The minimum absolute atomic E-state index is 0.259. The van der Waals surface area contributed by atoms with E-state index in [1.54, 1.807) is 6.92 Å². The first-order valence-electron chi connectivity index (χ1n) is 6.63. The fourth-order valence-electron chi connectivity index (χ4n) is 1.95. The number of halogens is 1. The number of ether oxygens (including phenoxy) is 1. The number of anilines is 1. The molecule has 108 valence electrons. The second-order valence-electron chi connectivity index (χ2n) is 4.48. The molecule has 0 atom stereocenters. The standard InChI is InChI=1S/C14H18FN3O2/c1-3-20-6-4-5-16-13-7-10-12(8-11(13)15)17-9(2)18-14(10)19/h7-8,16H,3-6H2,1-2H3,(H,17,18,19). The fraction of sp³-hybridized carbons (Fsp3) is 0.429. The highest BCUT2D eigenvalue weighted by atomic mass is 19.1. The number of aromatic nitrogens is 2. The third kappa shape index (κ3) is 3.33. The summed E-state index contributed by atoms with van der Waals surface area (Å²) in [6.07, 6.45) is 0.772. The quantitative estimate of drug-likeness (QED) is 0.796. The van der Waals surface area contributed by atoms with Gasteiger partial charge in [-0.2, -0.15) is 0 Å². The van der Waals surface area contributed by atoms with E-state index in [1.807, 2.05) is 6.92 Å². The van der Waals surface area contributed by atoms with E-state index in [4.69, 9.17) is 4.74 Å². The molecule has 0 unspecified atom stereocenters. The molecule has 0 aliphatic rings. The highest BCUT2D eigenvalue weighted by Crippen LogP contribution is 2.19. The van der Waals surface area contributed by atoms with Crippen molar-refractivity contribution in [2.45, 2.75) is 20.3 Å². The lowest BCUT2D eigenvalue weighted by molar-refractivity contribution is 0.147. The molecule has 0 aliphatic carbocycles. The van der Waals surface area contributed by atoms with Crippen LogP contribution in [0.2, 0.25) is 0 Å². The monoisotopic (exact) mass is 279 g/mol. The van der Waals surface area contributed by atoms with Gasteiger partial charge >= 0.3 is 0 Å². The summed E-state index contributed by atoms with van der Waals surface area (Å²) in [6.45, 7) is 5.47. The summed E-state index contributed by atoms with van der Waals surface area (Å²) in [5.74, 6) is 0.0609. The van der Waals surface area contributed by atoms with Crippen molar-refractivity contribution in [2.24, 2.45) is 0 Å². The number of nitrogens with zero attached hydrogens (tertiary/aromatic N) is 1. The molecule has 0 saturated carbocycles. The summed E-state index contributed by atoms with van der Waals surface area (Å²) < 4.78 is 19.1. The molecule has 0 saturated heterocycles. The molecule has 2 N–H and O–H groups in total. The van der Waals surface area contributed by atoms with Crippen molar-refractivity contribution in [3.05, 3.63) is 34.1 Å². The van der Waals surface area contributed by atoms with Gasteiger partial charge < -0.3 is 15.0 Å². The van der Waals surface area contributed by atoms with Gasteiger partial charge in [0, 0.05) is 25.8 Å². The van der Waals surface area contributed by atoms with E-state index in [2.05, 4.69) is 15.3 Å². The van der Waals surface area contributed by atoms with Crippen molar-refractivity contribution in [2.75, 3.05) is 25.1 Å². The number of nitrogens with one attached hydrogen (secondary N) is 2. The van der Waals surface area contributed by atoms with Gasteiger partial charge in [0.2, 0.25) is 0 Å². The lowest BCUT2D eigenvalue weighted by Gasteiger charge is -2.09. The number of rotatable bonds is 6. The maximum atomic E-state index is 13.9. The largest absolute Gasteiger partial charge is 0.383 e. The first kappa shape index (κ1) is 14.5. The molecule has 1 aromatic carbocycles. The fourth-order valence-corrected chi connectivity index (χ4v) is 1.95. The minimum atomic E-state index is -0.411. The van der Waals surface area contributed by atoms with Crippen molar-refractivity contribution in [3.8, 4) is 0 Å². The molecular formula is C14H18FN3O2. The van der Waals surface area contributed by atoms with Crippen LogP contribution in [0.15, 0.2) is 16.9 Å². The molecule has 20 heavy (non-hydrogen) atoms. The number of hydrogen-bond donors (Lipinski definition) is 2. The normalized spacial score (nSPS) is 10.9. The number of aryl methyl sites for hydroxylation is 1. The van der Waals surface area contributed by atoms with Crippen LogP contribution >= 0.6 is 0 Å². The summed E-state index contributed by atoms with van der Waals surface area (Å²) in [5.41, 5.74) is 0.415. The molecule has 1 heterocycles. The van der Waals surface area contributed by atoms with Gasteiger partial charge in [0.25, 0.3) is 5.56 Å². The molecule has 2 rings (SSSR count). The molecule has 1 aromatic heterocycles. The van der Waals surface area contributed by atoms with Crippen molar-refractivity contribution >= 4 is 16.6 Å².